The van der Waals surface area contributed by atoms with Crippen LogP contribution in [0.2, 0.25) is 5.02 Å². The van der Waals surface area contributed by atoms with Crippen molar-refractivity contribution in [1.82, 2.24) is 0 Å². The summed E-state index contributed by atoms with van der Waals surface area (Å²) in [6.45, 7) is 0. The van der Waals surface area contributed by atoms with Crippen molar-refractivity contribution >= 4 is 78.4 Å². The molecular weight excluding hydrogens is 668 g/mol. The van der Waals surface area contributed by atoms with Gasteiger partial charge < -0.3 is 10.2 Å². The molecule has 202 valence electrons. The fraction of sp³-hybridized carbons (Fsp3) is 0.121. The molecule has 0 saturated carbocycles. The Bertz CT molecular complexity index is 1790. The first kappa shape index (κ1) is 26.4. The number of benzene rings is 4. The summed E-state index contributed by atoms with van der Waals surface area (Å²) in [4.78, 5) is 45.7. The van der Waals surface area contributed by atoms with Crippen molar-refractivity contribution in [2.75, 3.05) is 10.2 Å². The third-order valence-corrected chi connectivity index (χ3v) is 9.70. The van der Waals surface area contributed by atoms with E-state index in [-0.39, 0.29) is 17.5 Å². The van der Waals surface area contributed by atoms with Gasteiger partial charge >= 0.3 is 0 Å². The third-order valence-electron chi connectivity index (χ3n) is 8.40. The summed E-state index contributed by atoms with van der Waals surface area (Å²) in [5.41, 5.74) is 2.47. The molecule has 3 heterocycles. The molecule has 0 aromatic heterocycles. The van der Waals surface area contributed by atoms with Crippen LogP contribution in [0.3, 0.4) is 0 Å². The Morgan fingerprint density at radius 1 is 0.829 bits per heavy atom. The predicted octanol–water partition coefficient (Wildman–Crippen LogP) is 7.72. The lowest BCUT2D eigenvalue weighted by Gasteiger charge is -2.37. The van der Waals surface area contributed by atoms with E-state index in [0.29, 0.717) is 27.4 Å². The summed E-state index contributed by atoms with van der Waals surface area (Å²) in [6, 6.07) is 25.6. The Morgan fingerprint density at radius 3 is 2.15 bits per heavy atom. The lowest BCUT2D eigenvalue weighted by Crippen LogP contribution is -2.51. The largest absolute Gasteiger partial charge is 0.352 e. The van der Waals surface area contributed by atoms with Crippen molar-refractivity contribution in [3.63, 3.8) is 0 Å². The standard InChI is InChI=1S/C33H21Br2ClN2O3/c34-21-10-5-18(6-11-21)30(39)28-29(31(40)19-7-12-22(35)13-8-19)38-26-15-14-23(36)17-20(26)9-16-27(38)33(28)24-3-1-2-4-25(24)37-32(33)41/h1-17,27-29H,(H,37,41)/t27-,28+,29-,33-/m0/s1. The van der Waals surface area contributed by atoms with Gasteiger partial charge in [-0.3, -0.25) is 14.4 Å². The van der Waals surface area contributed by atoms with Gasteiger partial charge in [0.05, 0.1) is 12.0 Å². The second kappa shape index (κ2) is 9.79. The molecule has 1 amide bonds. The molecule has 1 saturated heterocycles. The molecule has 1 N–H and O–H groups in total. The van der Waals surface area contributed by atoms with Crippen molar-refractivity contribution in [1.29, 1.82) is 0 Å². The summed E-state index contributed by atoms with van der Waals surface area (Å²) >= 11 is 13.3. The molecule has 7 rings (SSSR count). The highest BCUT2D eigenvalue weighted by molar-refractivity contribution is 9.10. The Morgan fingerprint density at radius 2 is 1.46 bits per heavy atom. The third kappa shape index (κ3) is 3.90. The van der Waals surface area contributed by atoms with Crippen molar-refractivity contribution in [2.24, 2.45) is 5.92 Å². The number of halogens is 3. The van der Waals surface area contributed by atoms with Crippen LogP contribution in [0.1, 0.15) is 31.8 Å². The topological polar surface area (TPSA) is 66.5 Å². The minimum absolute atomic E-state index is 0.233. The van der Waals surface area contributed by atoms with E-state index in [1.807, 2.05) is 65.6 Å². The Kier molecular flexibility index (Phi) is 6.30. The van der Waals surface area contributed by atoms with Crippen molar-refractivity contribution in [3.05, 3.63) is 133 Å². The van der Waals surface area contributed by atoms with Gasteiger partial charge in [-0.1, -0.05) is 98.1 Å². The van der Waals surface area contributed by atoms with Gasteiger partial charge in [-0.05, 0) is 59.7 Å². The van der Waals surface area contributed by atoms with Crippen LogP contribution in [-0.2, 0) is 10.2 Å². The molecule has 5 nitrogen and oxygen atoms in total. The predicted molar refractivity (Wildman–Crippen MR) is 168 cm³/mol. The molecule has 0 aliphatic carbocycles. The fourth-order valence-electron chi connectivity index (χ4n) is 6.73. The average Bonchev–Trinajstić information content (AvgIpc) is 3.45. The number of amides is 1. The maximum atomic E-state index is 14.8. The first-order valence-electron chi connectivity index (χ1n) is 13.1. The van der Waals surface area contributed by atoms with Crippen LogP contribution in [0, 0.1) is 5.92 Å². The summed E-state index contributed by atoms with van der Waals surface area (Å²) in [5.74, 6) is -1.82. The number of Topliss-reactive ketones (excluding diaryl/α,β-unsaturated/α-hetero) is 2. The molecule has 41 heavy (non-hydrogen) atoms. The number of hydrogen-bond acceptors (Lipinski definition) is 4. The number of rotatable bonds is 4. The first-order chi connectivity index (χ1) is 19.8. The van der Waals surface area contributed by atoms with E-state index in [4.69, 9.17) is 11.6 Å². The molecule has 4 atom stereocenters. The summed E-state index contributed by atoms with van der Waals surface area (Å²) in [6.07, 6.45) is 3.88. The number of hydrogen-bond donors (Lipinski definition) is 1. The van der Waals surface area contributed by atoms with E-state index in [2.05, 4.69) is 37.2 Å². The van der Waals surface area contributed by atoms with E-state index in [1.54, 1.807) is 42.5 Å². The number of carbonyl (C=O) groups excluding carboxylic acids is 3. The Labute approximate surface area is 258 Å². The van der Waals surface area contributed by atoms with Crippen molar-refractivity contribution < 1.29 is 14.4 Å². The molecule has 4 aromatic carbocycles. The van der Waals surface area contributed by atoms with Gasteiger partial charge in [0.25, 0.3) is 0 Å². The zero-order valence-electron chi connectivity index (χ0n) is 21.4. The zero-order valence-corrected chi connectivity index (χ0v) is 25.3. The summed E-state index contributed by atoms with van der Waals surface area (Å²) in [5, 5.41) is 3.61. The number of nitrogens with zero attached hydrogens (tertiary/aromatic N) is 1. The molecule has 0 unspecified atom stereocenters. The molecule has 0 radical (unpaired) electrons. The lowest BCUT2D eigenvalue weighted by molar-refractivity contribution is -0.121. The highest BCUT2D eigenvalue weighted by atomic mass is 79.9. The number of anilines is 2. The number of carbonyl (C=O) groups is 3. The molecule has 1 fully saturated rings. The highest BCUT2D eigenvalue weighted by Crippen LogP contribution is 2.58. The van der Waals surface area contributed by atoms with Gasteiger partial charge in [0.15, 0.2) is 11.6 Å². The summed E-state index contributed by atoms with van der Waals surface area (Å²) in [7, 11) is 0. The van der Waals surface area contributed by atoms with Crippen LogP contribution in [0.4, 0.5) is 11.4 Å². The minimum Gasteiger partial charge on any atom is -0.352 e. The van der Waals surface area contributed by atoms with Crippen molar-refractivity contribution in [2.45, 2.75) is 17.5 Å². The first-order valence-corrected chi connectivity index (χ1v) is 15.0. The molecule has 3 aliphatic heterocycles. The van der Waals surface area contributed by atoms with Gasteiger partial charge in [-0.15, -0.1) is 0 Å². The molecule has 8 heteroatoms. The quantitative estimate of drug-likeness (QED) is 0.223. The van der Waals surface area contributed by atoms with Crippen LogP contribution in [0.5, 0.6) is 0 Å². The average molecular weight is 689 g/mol. The molecule has 3 aliphatic rings. The number of fused-ring (bicyclic) bond motifs is 6. The number of ketones is 2. The van der Waals surface area contributed by atoms with Crippen LogP contribution in [-0.4, -0.2) is 29.6 Å². The fourth-order valence-corrected chi connectivity index (χ4v) is 7.44. The maximum Gasteiger partial charge on any atom is 0.238 e. The molecule has 1 spiro atoms. The normalized spacial score (nSPS) is 23.6. The van der Waals surface area contributed by atoms with E-state index in [0.717, 1.165) is 20.2 Å². The Balaban J connectivity index is 1.53. The van der Waals surface area contributed by atoms with E-state index in [1.165, 1.54) is 0 Å². The minimum atomic E-state index is -1.36. The summed E-state index contributed by atoms with van der Waals surface area (Å²) < 4.78 is 1.66. The second-order valence-electron chi connectivity index (χ2n) is 10.4. The van der Waals surface area contributed by atoms with E-state index < -0.39 is 23.4 Å². The van der Waals surface area contributed by atoms with Crippen molar-refractivity contribution in [3.8, 4) is 0 Å². The number of nitrogens with one attached hydrogen (secondary N) is 1. The Hall–Kier alpha value is -3.52. The van der Waals surface area contributed by atoms with Gasteiger partial charge in [0, 0.05) is 36.5 Å². The molecule has 0 bridgehead atoms. The second-order valence-corrected chi connectivity index (χ2v) is 12.7. The SMILES string of the molecule is O=C(c1ccc(Br)cc1)[C@@H]1[C@H](C(=O)c2ccc(Br)cc2)[C@@]2(C(=O)Nc3ccccc32)[C@@H]2C=Cc3cc(Cl)ccc3N12. The number of para-hydroxylation sites is 1. The lowest BCUT2D eigenvalue weighted by atomic mass is 9.64. The zero-order chi connectivity index (χ0) is 28.5. The van der Waals surface area contributed by atoms with Crippen LogP contribution < -0.4 is 10.2 Å². The van der Waals surface area contributed by atoms with E-state index >= 15 is 0 Å². The molecular formula is C33H21Br2ClN2O3. The monoisotopic (exact) mass is 686 g/mol. The van der Waals surface area contributed by atoms with Gasteiger partial charge in [-0.25, -0.2) is 0 Å². The van der Waals surface area contributed by atoms with Gasteiger partial charge in [-0.2, -0.15) is 0 Å². The van der Waals surface area contributed by atoms with Crippen LogP contribution in [0.15, 0.2) is 106 Å². The maximum absolute atomic E-state index is 14.8. The van der Waals surface area contributed by atoms with E-state index in [9.17, 15) is 14.4 Å². The highest BCUT2D eigenvalue weighted by Gasteiger charge is 2.70. The van der Waals surface area contributed by atoms with Gasteiger partial charge in [0.1, 0.15) is 11.5 Å². The van der Waals surface area contributed by atoms with Crippen LogP contribution in [0.25, 0.3) is 6.08 Å². The smallest absolute Gasteiger partial charge is 0.238 e. The van der Waals surface area contributed by atoms with Crippen LogP contribution >= 0.6 is 43.5 Å². The molecule has 4 aromatic rings. The van der Waals surface area contributed by atoms with Gasteiger partial charge in [0.2, 0.25) is 5.91 Å².